The molecule has 0 aliphatic carbocycles. The number of pyridine rings is 1. The van der Waals surface area contributed by atoms with E-state index in [1.807, 2.05) is 0 Å². The van der Waals surface area contributed by atoms with Crippen molar-refractivity contribution in [1.29, 1.82) is 0 Å². The van der Waals surface area contributed by atoms with Gasteiger partial charge in [0, 0.05) is 13.1 Å². The van der Waals surface area contributed by atoms with Gasteiger partial charge in [-0.15, -0.1) is 0 Å². The Hall–Kier alpha value is -1.85. The molecular formula is C10H7F3N2O. The Morgan fingerprint density at radius 2 is 2.06 bits per heavy atom. The number of rotatable bonds is 1. The molecule has 0 bridgehead atoms. The molecule has 0 radical (unpaired) electrons. The maximum Gasteiger partial charge on any atom is 0.417 e. The van der Waals surface area contributed by atoms with Crippen LogP contribution in [0.1, 0.15) is 23.0 Å². The van der Waals surface area contributed by atoms with Crippen molar-refractivity contribution in [2.24, 2.45) is 0 Å². The van der Waals surface area contributed by atoms with E-state index in [2.05, 4.69) is 4.98 Å². The molecule has 0 amide bonds. The largest absolute Gasteiger partial charge is 0.417 e. The predicted molar refractivity (Wildman–Crippen MR) is 50.2 cm³/mol. The third kappa shape index (κ3) is 1.66. The van der Waals surface area contributed by atoms with Gasteiger partial charge in [0.05, 0.1) is 11.8 Å². The van der Waals surface area contributed by atoms with Gasteiger partial charge in [-0.2, -0.15) is 13.2 Å². The third-order valence-electron chi connectivity index (χ3n) is 2.19. The van der Waals surface area contributed by atoms with E-state index in [4.69, 9.17) is 0 Å². The average molecular weight is 228 g/mol. The fourth-order valence-corrected chi connectivity index (χ4v) is 1.41. The highest BCUT2D eigenvalue weighted by Gasteiger charge is 2.31. The Labute approximate surface area is 88.5 Å². The van der Waals surface area contributed by atoms with Crippen molar-refractivity contribution < 1.29 is 18.0 Å². The highest BCUT2D eigenvalue weighted by atomic mass is 19.4. The predicted octanol–water partition coefficient (Wildman–Crippen LogP) is 2.56. The molecule has 2 rings (SSSR count). The lowest BCUT2D eigenvalue weighted by molar-refractivity contribution is -0.137. The standard InChI is InChI=1S/C10H7F3N2O/c1-6(16)8-4-14-9-3-2-7(5-15(8)9)10(11,12)13/h2-5H,1H3. The lowest BCUT2D eigenvalue weighted by Crippen LogP contribution is -2.07. The van der Waals surface area contributed by atoms with Crippen LogP contribution in [-0.2, 0) is 6.18 Å². The summed E-state index contributed by atoms with van der Waals surface area (Å²) in [7, 11) is 0. The fraction of sp³-hybridized carbons (Fsp3) is 0.200. The first-order valence-electron chi connectivity index (χ1n) is 4.45. The summed E-state index contributed by atoms with van der Waals surface area (Å²) < 4.78 is 38.5. The fourth-order valence-electron chi connectivity index (χ4n) is 1.41. The summed E-state index contributed by atoms with van der Waals surface area (Å²) in [4.78, 5) is 15.0. The smallest absolute Gasteiger partial charge is 0.296 e. The van der Waals surface area contributed by atoms with Crippen molar-refractivity contribution in [3.05, 3.63) is 35.8 Å². The maximum absolute atomic E-state index is 12.4. The molecule has 84 valence electrons. The van der Waals surface area contributed by atoms with Crippen LogP contribution < -0.4 is 0 Å². The molecular weight excluding hydrogens is 221 g/mol. The molecule has 0 saturated carbocycles. The molecule has 0 spiro atoms. The van der Waals surface area contributed by atoms with Crippen LogP contribution in [0.25, 0.3) is 5.65 Å². The van der Waals surface area contributed by atoms with Gasteiger partial charge in [-0.05, 0) is 12.1 Å². The number of carbonyl (C=O) groups excluding carboxylic acids is 1. The minimum Gasteiger partial charge on any atom is -0.296 e. The number of hydrogen-bond donors (Lipinski definition) is 0. The van der Waals surface area contributed by atoms with Crippen LogP contribution in [0.15, 0.2) is 24.5 Å². The monoisotopic (exact) mass is 228 g/mol. The van der Waals surface area contributed by atoms with Crippen LogP contribution in [0, 0.1) is 0 Å². The Bertz CT molecular complexity index is 557. The van der Waals surface area contributed by atoms with Gasteiger partial charge >= 0.3 is 6.18 Å². The molecule has 0 aromatic carbocycles. The van der Waals surface area contributed by atoms with Gasteiger partial charge in [-0.3, -0.25) is 9.20 Å². The molecule has 0 aliphatic rings. The van der Waals surface area contributed by atoms with Gasteiger partial charge in [0.2, 0.25) is 0 Å². The summed E-state index contributed by atoms with van der Waals surface area (Å²) in [5.74, 6) is -0.327. The number of nitrogens with zero attached hydrogens (tertiary/aromatic N) is 2. The van der Waals surface area contributed by atoms with Crippen LogP contribution >= 0.6 is 0 Å². The molecule has 2 aromatic rings. The third-order valence-corrected chi connectivity index (χ3v) is 2.19. The summed E-state index contributed by atoms with van der Waals surface area (Å²) >= 11 is 0. The van der Waals surface area contributed by atoms with E-state index in [1.54, 1.807) is 0 Å². The molecule has 0 aliphatic heterocycles. The molecule has 2 heterocycles. The Kier molecular flexibility index (Phi) is 2.22. The van der Waals surface area contributed by atoms with E-state index in [0.717, 1.165) is 16.7 Å². The Morgan fingerprint density at radius 1 is 1.38 bits per heavy atom. The van der Waals surface area contributed by atoms with E-state index in [1.165, 1.54) is 19.2 Å². The number of carbonyl (C=O) groups is 1. The molecule has 2 aromatic heterocycles. The van der Waals surface area contributed by atoms with Crippen molar-refractivity contribution in [1.82, 2.24) is 9.38 Å². The molecule has 0 N–H and O–H groups in total. The second-order valence-electron chi connectivity index (χ2n) is 3.34. The molecule has 16 heavy (non-hydrogen) atoms. The number of aromatic nitrogens is 2. The first-order chi connectivity index (χ1) is 7.39. The van der Waals surface area contributed by atoms with Crippen molar-refractivity contribution in [3.8, 4) is 0 Å². The number of Topliss-reactive ketones (excluding diaryl/α,β-unsaturated/α-hetero) is 1. The van der Waals surface area contributed by atoms with E-state index in [0.29, 0.717) is 5.65 Å². The number of halogens is 3. The number of hydrogen-bond acceptors (Lipinski definition) is 2. The Morgan fingerprint density at radius 3 is 2.62 bits per heavy atom. The number of imidazole rings is 1. The van der Waals surface area contributed by atoms with E-state index < -0.39 is 11.7 Å². The summed E-state index contributed by atoms with van der Waals surface area (Å²) in [6.45, 7) is 1.28. The van der Waals surface area contributed by atoms with Crippen LogP contribution in [0.3, 0.4) is 0 Å². The highest BCUT2D eigenvalue weighted by molar-refractivity contribution is 5.93. The summed E-state index contributed by atoms with van der Waals surface area (Å²) in [5.41, 5.74) is -0.347. The van der Waals surface area contributed by atoms with E-state index in [-0.39, 0.29) is 11.5 Å². The highest BCUT2D eigenvalue weighted by Crippen LogP contribution is 2.29. The van der Waals surface area contributed by atoms with Crippen LogP contribution in [-0.4, -0.2) is 15.2 Å². The van der Waals surface area contributed by atoms with E-state index in [9.17, 15) is 18.0 Å². The topological polar surface area (TPSA) is 34.4 Å². The molecule has 0 saturated heterocycles. The maximum atomic E-state index is 12.4. The average Bonchev–Trinajstić information content (AvgIpc) is 2.58. The SMILES string of the molecule is CC(=O)c1cnc2ccc(C(F)(F)F)cn12. The zero-order valence-corrected chi connectivity index (χ0v) is 8.25. The van der Waals surface area contributed by atoms with Crippen molar-refractivity contribution >= 4 is 11.4 Å². The lowest BCUT2D eigenvalue weighted by atomic mass is 10.2. The molecule has 6 heteroatoms. The second kappa shape index (κ2) is 3.33. The number of alkyl halides is 3. The normalized spacial score (nSPS) is 12.0. The van der Waals surface area contributed by atoms with Gasteiger partial charge in [0.1, 0.15) is 11.3 Å². The van der Waals surface area contributed by atoms with Crippen LogP contribution in [0.4, 0.5) is 13.2 Å². The number of ketones is 1. The second-order valence-corrected chi connectivity index (χ2v) is 3.34. The lowest BCUT2D eigenvalue weighted by Gasteiger charge is -2.07. The zero-order chi connectivity index (χ0) is 11.9. The molecule has 0 fully saturated rings. The summed E-state index contributed by atoms with van der Waals surface area (Å²) in [5, 5.41) is 0. The number of fused-ring (bicyclic) bond motifs is 1. The molecule has 3 nitrogen and oxygen atoms in total. The quantitative estimate of drug-likeness (QED) is 0.703. The first-order valence-corrected chi connectivity index (χ1v) is 4.45. The van der Waals surface area contributed by atoms with Gasteiger partial charge in [-0.1, -0.05) is 0 Å². The van der Waals surface area contributed by atoms with Crippen molar-refractivity contribution in [2.75, 3.05) is 0 Å². The summed E-state index contributed by atoms with van der Waals surface area (Å²) in [6, 6.07) is 2.17. The van der Waals surface area contributed by atoms with Crippen LogP contribution in [0.2, 0.25) is 0 Å². The minimum absolute atomic E-state index is 0.140. The van der Waals surface area contributed by atoms with Crippen molar-refractivity contribution in [3.63, 3.8) is 0 Å². The van der Waals surface area contributed by atoms with Gasteiger partial charge in [0.15, 0.2) is 5.78 Å². The van der Waals surface area contributed by atoms with Crippen LogP contribution in [0.5, 0.6) is 0 Å². The molecule has 0 atom stereocenters. The zero-order valence-electron chi connectivity index (χ0n) is 8.25. The molecule has 0 unspecified atom stereocenters. The van der Waals surface area contributed by atoms with E-state index >= 15 is 0 Å². The van der Waals surface area contributed by atoms with Gasteiger partial charge < -0.3 is 0 Å². The van der Waals surface area contributed by atoms with Gasteiger partial charge in [0.25, 0.3) is 0 Å². The first kappa shape index (κ1) is 10.7. The van der Waals surface area contributed by atoms with Crippen molar-refractivity contribution in [2.45, 2.75) is 13.1 Å². The van der Waals surface area contributed by atoms with Gasteiger partial charge in [-0.25, -0.2) is 4.98 Å². The minimum atomic E-state index is -4.42. The Balaban J connectivity index is 2.68. The summed E-state index contributed by atoms with van der Waals surface area (Å²) in [6.07, 6.45) is -2.29.